The van der Waals surface area contributed by atoms with Gasteiger partial charge in [0.05, 0.1) is 18.8 Å². The van der Waals surface area contributed by atoms with Crippen LogP contribution in [0, 0.1) is 0 Å². The van der Waals surface area contributed by atoms with Gasteiger partial charge in [-0.25, -0.2) is 4.68 Å². The third kappa shape index (κ3) is 4.27. The van der Waals surface area contributed by atoms with Gasteiger partial charge in [-0.05, 0) is 17.7 Å². The Hall–Kier alpha value is -2.07. The first-order chi connectivity index (χ1) is 12.8. The Kier molecular flexibility index (Phi) is 5.75. The van der Waals surface area contributed by atoms with E-state index in [1.54, 1.807) is 24.3 Å². The summed E-state index contributed by atoms with van der Waals surface area (Å²) in [5.41, 5.74) is 0.771. The Labute approximate surface area is 162 Å². The molecule has 0 bridgehead atoms. The fourth-order valence-corrected chi connectivity index (χ4v) is 3.27. The Balaban J connectivity index is 1.93. The number of aromatic nitrogens is 2. The molecule has 2 heterocycles. The van der Waals surface area contributed by atoms with Crippen molar-refractivity contribution in [1.82, 2.24) is 15.1 Å². The molecule has 1 aromatic carbocycles. The quantitative estimate of drug-likeness (QED) is 0.687. The second kappa shape index (κ2) is 7.89. The summed E-state index contributed by atoms with van der Waals surface area (Å²) in [6.07, 6.45) is -3.54. The Morgan fingerprint density at radius 1 is 1.41 bits per heavy atom. The van der Waals surface area contributed by atoms with E-state index in [-0.39, 0.29) is 24.3 Å². The van der Waals surface area contributed by atoms with Gasteiger partial charge in [0.1, 0.15) is 11.4 Å². The molecule has 10 heteroatoms. The molecule has 1 aliphatic heterocycles. The van der Waals surface area contributed by atoms with Crippen LogP contribution in [0.25, 0.3) is 0 Å². The molecular formula is C17H18BrF3N4O2. The molecule has 1 aliphatic rings. The zero-order valence-electron chi connectivity index (χ0n) is 14.4. The molecule has 0 saturated heterocycles. The number of fused-ring (bicyclic) bond motifs is 1. The van der Waals surface area contributed by atoms with E-state index in [1.807, 2.05) is 0 Å². The lowest BCUT2D eigenvalue weighted by atomic mass is 9.96. The molecule has 0 aliphatic carbocycles. The first-order valence-corrected chi connectivity index (χ1v) is 9.04. The number of ether oxygens (including phenoxy) is 1. The second-order valence-electron chi connectivity index (χ2n) is 6.14. The molecule has 6 nitrogen and oxygen atoms in total. The minimum Gasteiger partial charge on any atom is -0.383 e. The number of hydrogen-bond acceptors (Lipinski definition) is 4. The van der Waals surface area contributed by atoms with Crippen LogP contribution >= 0.6 is 15.9 Å². The molecular weight excluding hydrogens is 429 g/mol. The lowest BCUT2D eigenvalue weighted by molar-refractivity contribution is -0.173. The summed E-state index contributed by atoms with van der Waals surface area (Å²) in [7, 11) is 1.49. The average Bonchev–Trinajstić information content (AvgIpc) is 3.04. The summed E-state index contributed by atoms with van der Waals surface area (Å²) in [5.74, 6) is -0.440. The molecule has 2 atom stereocenters. The monoisotopic (exact) mass is 446 g/mol. The van der Waals surface area contributed by atoms with Crippen LogP contribution in [-0.2, 0) is 4.74 Å². The minimum absolute atomic E-state index is 0.0615. The number of carbonyl (C=O) groups is 1. The van der Waals surface area contributed by atoms with E-state index in [2.05, 4.69) is 31.7 Å². The van der Waals surface area contributed by atoms with Crippen molar-refractivity contribution >= 4 is 27.7 Å². The second-order valence-corrected chi connectivity index (χ2v) is 7.06. The number of alkyl halides is 3. The van der Waals surface area contributed by atoms with Crippen LogP contribution in [0.4, 0.5) is 19.0 Å². The van der Waals surface area contributed by atoms with Crippen molar-refractivity contribution in [2.75, 3.05) is 25.6 Å². The average molecular weight is 447 g/mol. The third-order valence-electron chi connectivity index (χ3n) is 4.35. The molecule has 27 heavy (non-hydrogen) atoms. The number of halogens is 4. The van der Waals surface area contributed by atoms with Gasteiger partial charge in [0.2, 0.25) is 0 Å². The summed E-state index contributed by atoms with van der Waals surface area (Å²) < 4.78 is 47.4. The number of anilines is 1. The van der Waals surface area contributed by atoms with Crippen molar-refractivity contribution in [2.45, 2.75) is 24.7 Å². The first kappa shape index (κ1) is 19.7. The van der Waals surface area contributed by atoms with E-state index in [4.69, 9.17) is 4.74 Å². The van der Waals surface area contributed by atoms with E-state index < -0.39 is 24.2 Å². The van der Waals surface area contributed by atoms with Crippen molar-refractivity contribution in [1.29, 1.82) is 0 Å². The molecule has 2 aromatic rings. The number of nitrogens with one attached hydrogen (secondary N) is 2. The van der Waals surface area contributed by atoms with E-state index in [1.165, 1.54) is 7.11 Å². The SMILES string of the molecule is COCCNC(=O)c1cnn2c1N[C@@H](c1ccc(Br)cc1)C[C@@H]2C(F)(F)F. The molecule has 1 aromatic heterocycles. The van der Waals surface area contributed by atoms with Crippen LogP contribution in [0.1, 0.15) is 34.4 Å². The Morgan fingerprint density at radius 3 is 2.74 bits per heavy atom. The maximum Gasteiger partial charge on any atom is 0.410 e. The van der Waals surface area contributed by atoms with Crippen LogP contribution in [0.15, 0.2) is 34.9 Å². The fourth-order valence-electron chi connectivity index (χ4n) is 3.00. The van der Waals surface area contributed by atoms with Gasteiger partial charge in [-0.3, -0.25) is 4.79 Å². The summed E-state index contributed by atoms with van der Waals surface area (Å²) in [5, 5.41) is 9.49. The van der Waals surface area contributed by atoms with E-state index in [0.29, 0.717) is 12.2 Å². The van der Waals surface area contributed by atoms with E-state index in [0.717, 1.165) is 15.4 Å². The largest absolute Gasteiger partial charge is 0.410 e. The highest BCUT2D eigenvalue weighted by Gasteiger charge is 2.47. The van der Waals surface area contributed by atoms with E-state index >= 15 is 0 Å². The van der Waals surface area contributed by atoms with Gasteiger partial charge in [-0.1, -0.05) is 28.1 Å². The lowest BCUT2D eigenvalue weighted by Gasteiger charge is -2.34. The number of nitrogens with zero attached hydrogens (tertiary/aromatic N) is 2. The van der Waals surface area contributed by atoms with Crippen molar-refractivity contribution < 1.29 is 22.7 Å². The van der Waals surface area contributed by atoms with Crippen LogP contribution in [-0.4, -0.2) is 42.1 Å². The van der Waals surface area contributed by atoms with Gasteiger partial charge >= 0.3 is 6.18 Å². The standard InChI is InChI=1S/C17H18BrF3N4O2/c1-27-7-6-22-16(26)12-9-23-25-14(17(19,20)21)8-13(24-15(12)25)10-2-4-11(18)5-3-10/h2-5,9,13-14,24H,6-8H2,1H3,(H,22,26)/t13-,14-/m1/s1. The minimum atomic E-state index is -4.49. The van der Waals surface area contributed by atoms with Gasteiger partial charge in [0.15, 0.2) is 6.04 Å². The first-order valence-electron chi connectivity index (χ1n) is 8.24. The summed E-state index contributed by atoms with van der Waals surface area (Å²) in [6, 6.07) is 4.62. The van der Waals surface area contributed by atoms with Gasteiger partial charge in [-0.2, -0.15) is 18.3 Å². The van der Waals surface area contributed by atoms with Crippen molar-refractivity contribution in [2.24, 2.45) is 0 Å². The number of hydrogen-bond donors (Lipinski definition) is 2. The van der Waals surface area contributed by atoms with Crippen molar-refractivity contribution in [3.05, 3.63) is 46.1 Å². The molecule has 2 N–H and O–H groups in total. The molecule has 0 fully saturated rings. The number of amides is 1. The Bertz CT molecular complexity index is 808. The predicted molar refractivity (Wildman–Crippen MR) is 96.7 cm³/mol. The van der Waals surface area contributed by atoms with Gasteiger partial charge in [0.25, 0.3) is 5.91 Å². The molecule has 0 unspecified atom stereocenters. The number of benzene rings is 1. The molecule has 0 radical (unpaired) electrons. The lowest BCUT2D eigenvalue weighted by Crippen LogP contribution is -2.36. The van der Waals surface area contributed by atoms with Crippen LogP contribution in [0.3, 0.4) is 0 Å². The highest BCUT2D eigenvalue weighted by atomic mass is 79.9. The summed E-state index contributed by atoms with van der Waals surface area (Å²) >= 11 is 3.32. The topological polar surface area (TPSA) is 68.2 Å². The normalized spacial score (nSPS) is 19.3. The summed E-state index contributed by atoms with van der Waals surface area (Å²) in [6.45, 7) is 0.550. The highest BCUT2D eigenvalue weighted by molar-refractivity contribution is 9.10. The van der Waals surface area contributed by atoms with Crippen LogP contribution in [0.2, 0.25) is 0 Å². The number of carbonyl (C=O) groups excluding carboxylic acids is 1. The number of rotatable bonds is 5. The maximum atomic E-state index is 13.6. The molecule has 1 amide bonds. The zero-order chi connectivity index (χ0) is 19.6. The zero-order valence-corrected chi connectivity index (χ0v) is 16.0. The van der Waals surface area contributed by atoms with Crippen molar-refractivity contribution in [3.63, 3.8) is 0 Å². The highest BCUT2D eigenvalue weighted by Crippen LogP contribution is 2.44. The smallest absolute Gasteiger partial charge is 0.383 e. The van der Waals surface area contributed by atoms with Gasteiger partial charge in [-0.15, -0.1) is 0 Å². The fraction of sp³-hybridized carbons (Fsp3) is 0.412. The number of methoxy groups -OCH3 is 1. The maximum absolute atomic E-state index is 13.6. The molecule has 3 rings (SSSR count). The molecule has 0 saturated carbocycles. The van der Waals surface area contributed by atoms with Crippen LogP contribution in [0.5, 0.6) is 0 Å². The third-order valence-corrected chi connectivity index (χ3v) is 4.88. The summed E-state index contributed by atoms with van der Waals surface area (Å²) in [4.78, 5) is 12.3. The Morgan fingerprint density at radius 2 is 2.11 bits per heavy atom. The molecule has 0 spiro atoms. The van der Waals surface area contributed by atoms with Crippen molar-refractivity contribution in [3.8, 4) is 0 Å². The van der Waals surface area contributed by atoms with Gasteiger partial charge in [0, 0.05) is 24.5 Å². The molecule has 146 valence electrons. The van der Waals surface area contributed by atoms with Gasteiger partial charge < -0.3 is 15.4 Å². The predicted octanol–water partition coefficient (Wildman–Crippen LogP) is 3.68. The van der Waals surface area contributed by atoms with Crippen LogP contribution < -0.4 is 10.6 Å². The van der Waals surface area contributed by atoms with E-state index in [9.17, 15) is 18.0 Å².